The highest BCUT2D eigenvalue weighted by Gasteiger charge is 2.08. The third-order valence-electron chi connectivity index (χ3n) is 1.80. The molecule has 0 atom stereocenters. The lowest BCUT2D eigenvalue weighted by atomic mass is 10.2. The van der Waals surface area contributed by atoms with Crippen molar-refractivity contribution in [1.29, 1.82) is 0 Å². The van der Waals surface area contributed by atoms with E-state index in [0.717, 1.165) is 24.1 Å². The van der Waals surface area contributed by atoms with Crippen LogP contribution < -0.4 is 0 Å². The molecule has 0 saturated heterocycles. The molecule has 0 aliphatic rings. The number of hydrogen-bond acceptors (Lipinski definition) is 4. The molecule has 0 spiro atoms. The lowest BCUT2D eigenvalue weighted by Crippen LogP contribution is -1.96. The van der Waals surface area contributed by atoms with Crippen LogP contribution in [0.2, 0.25) is 0 Å². The Labute approximate surface area is 87.3 Å². The molecule has 0 amide bonds. The van der Waals surface area contributed by atoms with E-state index >= 15 is 0 Å². The summed E-state index contributed by atoms with van der Waals surface area (Å²) >= 11 is 1.40. The summed E-state index contributed by atoms with van der Waals surface area (Å²) < 4.78 is 4.58. The fraction of sp³-hybridized carbons (Fsp3) is 0.500. The number of esters is 1. The Bertz CT molecular complexity index is 293. The zero-order valence-corrected chi connectivity index (χ0v) is 8.89. The summed E-state index contributed by atoms with van der Waals surface area (Å²) in [6.45, 7) is 0.221. The molecule has 0 aliphatic heterocycles. The quantitative estimate of drug-likeness (QED) is 0.597. The van der Waals surface area contributed by atoms with E-state index in [4.69, 9.17) is 5.11 Å². The minimum absolute atomic E-state index is 0.221. The summed E-state index contributed by atoms with van der Waals surface area (Å²) in [5, 5.41) is 8.60. The Kier molecular flexibility index (Phi) is 4.62. The van der Waals surface area contributed by atoms with Crippen molar-refractivity contribution in [1.82, 2.24) is 0 Å². The van der Waals surface area contributed by atoms with E-state index in [0.29, 0.717) is 4.88 Å². The Morgan fingerprint density at radius 3 is 3.07 bits per heavy atom. The number of thiophene rings is 1. The maximum absolute atomic E-state index is 11.1. The highest BCUT2D eigenvalue weighted by Crippen LogP contribution is 2.18. The van der Waals surface area contributed by atoms with Crippen LogP contribution in [-0.2, 0) is 11.2 Å². The van der Waals surface area contributed by atoms with Crippen molar-refractivity contribution < 1.29 is 14.6 Å². The van der Waals surface area contributed by atoms with Gasteiger partial charge in [-0.15, -0.1) is 11.3 Å². The average Bonchev–Trinajstić information content (AvgIpc) is 2.66. The highest BCUT2D eigenvalue weighted by atomic mass is 32.1. The molecule has 3 nitrogen and oxygen atoms in total. The third-order valence-corrected chi connectivity index (χ3v) is 2.87. The fourth-order valence-electron chi connectivity index (χ4n) is 1.06. The molecule has 14 heavy (non-hydrogen) atoms. The fourth-order valence-corrected chi connectivity index (χ4v) is 1.97. The van der Waals surface area contributed by atoms with Gasteiger partial charge in [0.25, 0.3) is 0 Å². The zero-order chi connectivity index (χ0) is 10.4. The summed E-state index contributed by atoms with van der Waals surface area (Å²) in [7, 11) is 1.36. The van der Waals surface area contributed by atoms with E-state index in [1.165, 1.54) is 18.4 Å². The van der Waals surface area contributed by atoms with Gasteiger partial charge in [-0.1, -0.05) is 0 Å². The van der Waals surface area contributed by atoms with Gasteiger partial charge in [-0.25, -0.2) is 4.79 Å². The molecule has 77 valence electrons. The number of aliphatic hydroxyl groups excluding tert-OH is 1. The lowest BCUT2D eigenvalue weighted by Gasteiger charge is -1.95. The van der Waals surface area contributed by atoms with E-state index in [2.05, 4.69) is 10.8 Å². The summed E-state index contributed by atoms with van der Waals surface area (Å²) in [6.07, 6.45) is 2.62. The summed E-state index contributed by atoms with van der Waals surface area (Å²) in [5.74, 6) is -0.330. The van der Waals surface area contributed by atoms with Crippen molar-refractivity contribution in [3.63, 3.8) is 0 Å². The molecular weight excluding hydrogens is 200 g/mol. The van der Waals surface area contributed by atoms with Crippen LogP contribution in [0.15, 0.2) is 6.07 Å². The molecule has 0 aromatic carbocycles. The molecule has 0 bridgehead atoms. The normalized spacial score (nSPS) is 10.1. The van der Waals surface area contributed by atoms with Gasteiger partial charge in [-0.05, 0) is 25.3 Å². The van der Waals surface area contributed by atoms with Gasteiger partial charge in [0.1, 0.15) is 4.88 Å². The van der Waals surface area contributed by atoms with Gasteiger partial charge in [-0.3, -0.25) is 0 Å². The largest absolute Gasteiger partial charge is 0.465 e. The van der Waals surface area contributed by atoms with Gasteiger partial charge < -0.3 is 9.84 Å². The first-order valence-electron chi connectivity index (χ1n) is 4.47. The van der Waals surface area contributed by atoms with E-state index in [9.17, 15) is 4.79 Å². The molecule has 4 heteroatoms. The number of rotatable bonds is 5. The number of unbranched alkanes of at least 4 members (excludes halogenated alkanes) is 1. The van der Waals surface area contributed by atoms with Gasteiger partial charge in [-0.2, -0.15) is 0 Å². The standard InChI is InChI=1S/C10H13O3S/c1-13-10(12)9-6-5-8(14-9)4-2-3-7-11/h5,11H,2-4,7H2,1H3. The van der Waals surface area contributed by atoms with E-state index in [1.807, 2.05) is 6.07 Å². The van der Waals surface area contributed by atoms with Crippen molar-refractivity contribution in [2.75, 3.05) is 13.7 Å². The van der Waals surface area contributed by atoms with Crippen molar-refractivity contribution in [2.24, 2.45) is 0 Å². The Morgan fingerprint density at radius 1 is 1.64 bits per heavy atom. The molecule has 1 radical (unpaired) electrons. The van der Waals surface area contributed by atoms with Gasteiger partial charge >= 0.3 is 5.97 Å². The van der Waals surface area contributed by atoms with Gasteiger partial charge in [0, 0.05) is 17.6 Å². The van der Waals surface area contributed by atoms with Gasteiger partial charge in [0.2, 0.25) is 0 Å². The second-order valence-electron chi connectivity index (χ2n) is 2.86. The molecule has 0 fully saturated rings. The molecule has 0 aliphatic carbocycles. The second-order valence-corrected chi connectivity index (χ2v) is 4.00. The first-order chi connectivity index (χ1) is 6.77. The predicted molar refractivity (Wildman–Crippen MR) is 54.5 cm³/mol. The van der Waals surface area contributed by atoms with Crippen LogP contribution in [0.3, 0.4) is 0 Å². The van der Waals surface area contributed by atoms with Crippen LogP contribution in [0.5, 0.6) is 0 Å². The van der Waals surface area contributed by atoms with Crippen LogP contribution in [-0.4, -0.2) is 24.8 Å². The number of carbonyl (C=O) groups excluding carboxylic acids is 1. The monoisotopic (exact) mass is 213 g/mol. The number of aliphatic hydroxyl groups is 1. The Balaban J connectivity index is 2.46. The molecule has 1 rings (SSSR count). The van der Waals surface area contributed by atoms with Crippen LogP contribution in [0, 0.1) is 6.07 Å². The van der Waals surface area contributed by atoms with Crippen LogP contribution in [0.25, 0.3) is 0 Å². The van der Waals surface area contributed by atoms with Crippen LogP contribution >= 0.6 is 11.3 Å². The molecular formula is C10H13O3S. The van der Waals surface area contributed by atoms with E-state index < -0.39 is 0 Å². The smallest absolute Gasteiger partial charge is 0.348 e. The van der Waals surface area contributed by atoms with Gasteiger partial charge in [0.05, 0.1) is 7.11 Å². The van der Waals surface area contributed by atoms with Crippen molar-refractivity contribution in [3.05, 3.63) is 21.9 Å². The minimum Gasteiger partial charge on any atom is -0.465 e. The molecule has 1 heterocycles. The van der Waals surface area contributed by atoms with Gasteiger partial charge in [0.15, 0.2) is 0 Å². The number of methoxy groups -OCH3 is 1. The topological polar surface area (TPSA) is 46.5 Å². The number of carbonyl (C=O) groups is 1. The minimum atomic E-state index is -0.330. The number of ether oxygens (including phenoxy) is 1. The van der Waals surface area contributed by atoms with Crippen molar-refractivity contribution in [2.45, 2.75) is 19.3 Å². The molecule has 1 N–H and O–H groups in total. The lowest BCUT2D eigenvalue weighted by molar-refractivity contribution is 0.0606. The predicted octanol–water partition coefficient (Wildman–Crippen LogP) is 1.65. The Hall–Kier alpha value is -0.870. The molecule has 0 unspecified atom stereocenters. The second kappa shape index (κ2) is 5.78. The summed E-state index contributed by atoms with van der Waals surface area (Å²) in [4.78, 5) is 12.7. The van der Waals surface area contributed by atoms with Crippen molar-refractivity contribution >= 4 is 17.3 Å². The summed E-state index contributed by atoms with van der Waals surface area (Å²) in [5.41, 5.74) is 0. The van der Waals surface area contributed by atoms with E-state index in [-0.39, 0.29) is 12.6 Å². The van der Waals surface area contributed by atoms with Crippen LogP contribution in [0.4, 0.5) is 0 Å². The average molecular weight is 213 g/mol. The number of hydrogen-bond donors (Lipinski definition) is 1. The highest BCUT2D eigenvalue weighted by molar-refractivity contribution is 7.13. The molecule has 1 aromatic heterocycles. The SMILES string of the molecule is COC(=O)c1[c]cc(CCCCO)s1. The maximum Gasteiger partial charge on any atom is 0.348 e. The zero-order valence-electron chi connectivity index (χ0n) is 8.08. The molecule has 0 saturated carbocycles. The first kappa shape index (κ1) is 11.2. The third kappa shape index (κ3) is 3.12. The van der Waals surface area contributed by atoms with Crippen molar-refractivity contribution in [3.8, 4) is 0 Å². The Morgan fingerprint density at radius 2 is 2.43 bits per heavy atom. The molecule has 1 aromatic rings. The summed E-state index contributed by atoms with van der Waals surface area (Å²) in [6, 6.07) is 4.68. The van der Waals surface area contributed by atoms with Crippen LogP contribution in [0.1, 0.15) is 27.4 Å². The number of aryl methyl sites for hydroxylation is 1. The first-order valence-corrected chi connectivity index (χ1v) is 5.29. The maximum atomic E-state index is 11.1. The van der Waals surface area contributed by atoms with E-state index in [1.54, 1.807) is 0 Å².